The number of para-hydroxylation sites is 1. The number of benzene rings is 2. The molecule has 43 heavy (non-hydrogen) atoms. The fourth-order valence-corrected chi connectivity index (χ4v) is 6.52. The number of thiophene rings is 1. The molecule has 3 atom stereocenters. The van der Waals surface area contributed by atoms with Crippen molar-refractivity contribution in [3.63, 3.8) is 0 Å². The molecule has 4 rings (SSSR count). The van der Waals surface area contributed by atoms with Gasteiger partial charge in [0.15, 0.2) is 5.75 Å². The maximum absolute atomic E-state index is 13.6. The summed E-state index contributed by atoms with van der Waals surface area (Å²) in [4.78, 5) is 29.4. The Bertz CT molecular complexity index is 1550. The minimum atomic E-state index is -4.51. The molecule has 0 radical (unpaired) electrons. The number of rotatable bonds is 8. The Morgan fingerprint density at radius 2 is 1.88 bits per heavy atom. The van der Waals surface area contributed by atoms with Crippen LogP contribution >= 0.6 is 11.3 Å². The second-order valence-electron chi connectivity index (χ2n) is 10.2. The number of carbonyl (C=O) groups is 2. The van der Waals surface area contributed by atoms with E-state index >= 15 is 0 Å². The Kier molecular flexibility index (Phi) is 9.57. The summed E-state index contributed by atoms with van der Waals surface area (Å²) in [6, 6.07) is 10.3. The van der Waals surface area contributed by atoms with Gasteiger partial charge in [-0.25, -0.2) is 13.2 Å². The second kappa shape index (κ2) is 12.8. The Hall–Kier alpha value is -3.82. The van der Waals surface area contributed by atoms with Gasteiger partial charge in [-0.05, 0) is 54.8 Å². The van der Waals surface area contributed by atoms with Gasteiger partial charge in [-0.15, -0.1) is 11.3 Å². The highest BCUT2D eigenvalue weighted by Crippen LogP contribution is 2.36. The number of urea groups is 1. The van der Waals surface area contributed by atoms with E-state index in [1.54, 1.807) is 25.3 Å². The molecule has 1 aliphatic heterocycles. The van der Waals surface area contributed by atoms with Gasteiger partial charge in [0.25, 0.3) is 15.9 Å². The molecular formula is C28H31F3N4O6S2. The molecule has 0 bridgehead atoms. The molecule has 2 heterocycles. The summed E-state index contributed by atoms with van der Waals surface area (Å²) in [6.07, 6.45) is -5.28. The smallest absolute Gasteiger partial charge is 0.416 e. The Balaban J connectivity index is 1.63. The van der Waals surface area contributed by atoms with Crippen molar-refractivity contribution in [3.05, 3.63) is 71.1 Å². The number of nitrogens with one attached hydrogen (secondary N) is 2. The molecule has 0 saturated heterocycles. The molecule has 0 unspecified atom stereocenters. The van der Waals surface area contributed by atoms with Crippen LogP contribution in [0.1, 0.15) is 29.8 Å². The number of alkyl halides is 3. The number of halogens is 3. The molecule has 2 aromatic carbocycles. The number of amides is 3. The Morgan fingerprint density at radius 3 is 2.49 bits per heavy atom. The van der Waals surface area contributed by atoms with E-state index in [1.807, 2.05) is 0 Å². The molecule has 0 aliphatic carbocycles. The van der Waals surface area contributed by atoms with E-state index in [-0.39, 0.29) is 46.6 Å². The third kappa shape index (κ3) is 7.40. The van der Waals surface area contributed by atoms with Crippen LogP contribution in [-0.2, 0) is 16.2 Å². The van der Waals surface area contributed by atoms with Crippen molar-refractivity contribution in [2.24, 2.45) is 5.92 Å². The molecule has 0 fully saturated rings. The number of hydrogen-bond acceptors (Lipinski definition) is 7. The first-order chi connectivity index (χ1) is 20.2. The summed E-state index contributed by atoms with van der Waals surface area (Å²) in [6.45, 7) is 3.27. The summed E-state index contributed by atoms with van der Waals surface area (Å²) in [5.41, 5.74) is -0.608. The normalized spacial score (nSPS) is 18.1. The number of fused-ring (bicyclic) bond motifs is 1. The van der Waals surface area contributed by atoms with Crippen LogP contribution < -0.4 is 14.8 Å². The average molecular weight is 641 g/mol. The van der Waals surface area contributed by atoms with Gasteiger partial charge in [0, 0.05) is 25.2 Å². The van der Waals surface area contributed by atoms with Crippen molar-refractivity contribution in [2.75, 3.05) is 36.8 Å². The highest BCUT2D eigenvalue weighted by Gasteiger charge is 2.36. The number of sulfonamides is 1. The predicted molar refractivity (Wildman–Crippen MR) is 156 cm³/mol. The maximum Gasteiger partial charge on any atom is 0.416 e. The van der Waals surface area contributed by atoms with E-state index in [0.717, 1.165) is 35.6 Å². The van der Waals surface area contributed by atoms with Crippen molar-refractivity contribution < 1.29 is 41.0 Å². The van der Waals surface area contributed by atoms with Gasteiger partial charge in [-0.2, -0.15) is 13.2 Å². The van der Waals surface area contributed by atoms with Crippen molar-refractivity contribution in [1.82, 2.24) is 9.80 Å². The molecule has 1 aromatic heterocycles. The molecule has 0 spiro atoms. The lowest BCUT2D eigenvalue weighted by molar-refractivity contribution is -0.137. The first kappa shape index (κ1) is 32.1. The summed E-state index contributed by atoms with van der Waals surface area (Å²) in [5, 5.41) is 14.0. The second-order valence-corrected chi connectivity index (χ2v) is 13.1. The van der Waals surface area contributed by atoms with Gasteiger partial charge >= 0.3 is 12.2 Å². The van der Waals surface area contributed by atoms with E-state index in [2.05, 4.69) is 10.0 Å². The summed E-state index contributed by atoms with van der Waals surface area (Å²) >= 11 is 1.02. The lowest BCUT2D eigenvalue weighted by atomic mass is 9.99. The van der Waals surface area contributed by atoms with E-state index in [0.29, 0.717) is 0 Å². The van der Waals surface area contributed by atoms with Gasteiger partial charge in [0.1, 0.15) is 10.3 Å². The summed E-state index contributed by atoms with van der Waals surface area (Å²) < 4.78 is 73.7. The first-order valence-electron chi connectivity index (χ1n) is 13.2. The van der Waals surface area contributed by atoms with E-state index in [9.17, 15) is 36.3 Å². The monoisotopic (exact) mass is 640 g/mol. The van der Waals surface area contributed by atoms with E-state index in [4.69, 9.17) is 4.74 Å². The third-order valence-corrected chi connectivity index (χ3v) is 9.72. The zero-order chi connectivity index (χ0) is 31.5. The first-order valence-corrected chi connectivity index (χ1v) is 15.5. The maximum atomic E-state index is 13.6. The van der Waals surface area contributed by atoms with Gasteiger partial charge in [-0.1, -0.05) is 19.1 Å². The lowest BCUT2D eigenvalue weighted by Gasteiger charge is -2.38. The van der Waals surface area contributed by atoms with Crippen LogP contribution in [0.15, 0.2) is 64.2 Å². The topological polar surface area (TPSA) is 128 Å². The van der Waals surface area contributed by atoms with Crippen LogP contribution in [0, 0.1) is 5.92 Å². The highest BCUT2D eigenvalue weighted by atomic mass is 32.2. The quantitative estimate of drug-likeness (QED) is 0.320. The standard InChI is InChI=1S/C28H31F3N4O6S2/c1-17-14-35(18(2)16-36)26(37)21-6-4-7-22(33-43(39,40)24-8-5-13-42-24)25(21)41-23(17)15-34(3)27(38)32-20-11-9-19(10-12-20)28(29,30)31/h4-13,17-18,23,33,36H,14-16H2,1-3H3,(H,32,38)/t17-,18-,23+/m1/s1. The Labute approximate surface area is 251 Å². The number of aliphatic hydroxyl groups is 1. The number of anilines is 2. The fourth-order valence-electron chi connectivity index (χ4n) is 4.47. The molecule has 15 heteroatoms. The van der Waals surface area contributed by atoms with Gasteiger partial charge in [-0.3, -0.25) is 9.52 Å². The number of likely N-dealkylation sites (N-methyl/N-ethyl adjacent to an activating group) is 1. The van der Waals surface area contributed by atoms with Crippen molar-refractivity contribution in [3.8, 4) is 5.75 Å². The number of nitrogens with zero attached hydrogens (tertiary/aromatic N) is 2. The third-order valence-electron chi connectivity index (χ3n) is 6.96. The Morgan fingerprint density at radius 1 is 1.19 bits per heavy atom. The summed E-state index contributed by atoms with van der Waals surface area (Å²) in [5.74, 6) is -0.905. The van der Waals surface area contributed by atoms with E-state index in [1.165, 1.54) is 41.1 Å². The van der Waals surface area contributed by atoms with Gasteiger partial charge in [0.05, 0.1) is 36.0 Å². The van der Waals surface area contributed by atoms with Crippen LogP contribution in [-0.4, -0.2) is 74.2 Å². The van der Waals surface area contributed by atoms with Crippen LogP contribution in [0.2, 0.25) is 0 Å². The van der Waals surface area contributed by atoms with E-state index < -0.39 is 51.8 Å². The van der Waals surface area contributed by atoms with Crippen molar-refractivity contribution >= 4 is 44.7 Å². The van der Waals surface area contributed by atoms with Crippen molar-refractivity contribution in [2.45, 2.75) is 36.4 Å². The number of hydrogen-bond donors (Lipinski definition) is 3. The molecule has 3 amide bonds. The van der Waals surface area contributed by atoms with Gasteiger partial charge < -0.3 is 25.0 Å². The largest absolute Gasteiger partial charge is 0.485 e. The highest BCUT2D eigenvalue weighted by molar-refractivity contribution is 7.94. The minimum Gasteiger partial charge on any atom is -0.485 e. The number of aliphatic hydroxyl groups excluding tert-OH is 1. The zero-order valence-electron chi connectivity index (χ0n) is 23.5. The molecule has 10 nitrogen and oxygen atoms in total. The fraction of sp³-hybridized carbons (Fsp3) is 0.357. The van der Waals surface area contributed by atoms with Crippen LogP contribution in [0.4, 0.5) is 29.3 Å². The average Bonchev–Trinajstić information content (AvgIpc) is 3.51. The minimum absolute atomic E-state index is 0.0202. The number of ether oxygens (including phenoxy) is 1. The predicted octanol–water partition coefficient (Wildman–Crippen LogP) is 4.95. The SMILES string of the molecule is C[C@@H]1CN([C@H](C)CO)C(=O)c2cccc(NS(=O)(=O)c3cccs3)c2O[C@H]1CN(C)C(=O)Nc1ccc(C(F)(F)F)cc1. The van der Waals surface area contributed by atoms with Gasteiger partial charge in [0.2, 0.25) is 0 Å². The molecule has 1 aliphatic rings. The zero-order valence-corrected chi connectivity index (χ0v) is 25.1. The molecule has 232 valence electrons. The van der Waals surface area contributed by atoms with Crippen LogP contribution in [0.3, 0.4) is 0 Å². The summed E-state index contributed by atoms with van der Waals surface area (Å²) in [7, 11) is -2.54. The molecule has 3 aromatic rings. The molecule has 3 N–H and O–H groups in total. The molecule has 0 saturated carbocycles. The van der Waals surface area contributed by atoms with Crippen LogP contribution in [0.25, 0.3) is 0 Å². The number of carbonyl (C=O) groups excluding carboxylic acids is 2. The lowest BCUT2D eigenvalue weighted by Crippen LogP contribution is -2.50. The van der Waals surface area contributed by atoms with Crippen LogP contribution in [0.5, 0.6) is 5.75 Å². The van der Waals surface area contributed by atoms with Crippen molar-refractivity contribution in [1.29, 1.82) is 0 Å². The molecular weight excluding hydrogens is 609 g/mol.